The third kappa shape index (κ3) is 4.59. The maximum Gasteiger partial charge on any atom is 0.290 e. The van der Waals surface area contributed by atoms with E-state index in [0.717, 1.165) is 0 Å². The molecule has 1 aliphatic rings. The average Bonchev–Trinajstić information content (AvgIpc) is 3.38. The Hall–Kier alpha value is -3.26. The molecule has 1 aromatic heterocycles. The Balaban J connectivity index is 2.07. The first-order valence-corrected chi connectivity index (χ1v) is 10.2. The molecule has 8 heteroatoms. The number of methoxy groups -OCH3 is 1. The van der Waals surface area contributed by atoms with Crippen LogP contribution in [0.3, 0.4) is 0 Å². The number of furan rings is 1. The van der Waals surface area contributed by atoms with Crippen LogP contribution in [0.5, 0.6) is 11.5 Å². The summed E-state index contributed by atoms with van der Waals surface area (Å²) in [6.07, 6.45) is 1.92. The highest BCUT2D eigenvalue weighted by molar-refractivity contribution is 6.15. The number of carbonyl (C=O) groups excluding carboxylic acids is 2. The van der Waals surface area contributed by atoms with Gasteiger partial charge in [-0.1, -0.05) is 6.07 Å². The molecule has 2 aromatic rings. The largest absolute Gasteiger partial charge is 0.503 e. The van der Waals surface area contributed by atoms with Crippen molar-refractivity contribution < 1.29 is 33.3 Å². The highest BCUT2D eigenvalue weighted by Crippen LogP contribution is 2.41. The van der Waals surface area contributed by atoms with E-state index in [1.165, 1.54) is 17.2 Å². The molecule has 2 heterocycles. The van der Waals surface area contributed by atoms with E-state index in [0.29, 0.717) is 49.8 Å². The molecular weight excluding hydrogens is 402 g/mol. The Morgan fingerprint density at radius 2 is 1.90 bits per heavy atom. The minimum atomic E-state index is -0.795. The third-order valence-electron chi connectivity index (χ3n) is 4.92. The van der Waals surface area contributed by atoms with E-state index in [2.05, 4.69) is 0 Å². The average molecular weight is 429 g/mol. The normalized spacial score (nSPS) is 16.2. The lowest BCUT2D eigenvalue weighted by Gasteiger charge is -2.27. The van der Waals surface area contributed by atoms with Gasteiger partial charge >= 0.3 is 0 Å². The number of aliphatic hydroxyl groups excluding tert-OH is 1. The van der Waals surface area contributed by atoms with Crippen molar-refractivity contribution in [2.75, 3.05) is 33.5 Å². The molecule has 0 spiro atoms. The number of hydrogen-bond donors (Lipinski definition) is 1. The minimum absolute atomic E-state index is 0.0241. The maximum absolute atomic E-state index is 13.1. The summed E-state index contributed by atoms with van der Waals surface area (Å²) in [6, 6.07) is 7.54. The van der Waals surface area contributed by atoms with Gasteiger partial charge < -0.3 is 28.6 Å². The molecule has 166 valence electrons. The van der Waals surface area contributed by atoms with Crippen molar-refractivity contribution in [2.45, 2.75) is 26.3 Å². The molecule has 1 aliphatic heterocycles. The fraction of sp³-hybridized carbons (Fsp3) is 0.391. The fourth-order valence-corrected chi connectivity index (χ4v) is 3.62. The van der Waals surface area contributed by atoms with Gasteiger partial charge in [0, 0.05) is 20.3 Å². The SMILES string of the molecule is CCOc1ccc(C2C(C(=O)c3ccco3)=C(O)C(=O)N2CCCOC)cc1OCC. The molecule has 0 aliphatic carbocycles. The zero-order chi connectivity index (χ0) is 22.4. The highest BCUT2D eigenvalue weighted by Gasteiger charge is 2.44. The van der Waals surface area contributed by atoms with E-state index in [1.807, 2.05) is 13.8 Å². The molecule has 1 unspecified atom stereocenters. The van der Waals surface area contributed by atoms with Crippen molar-refractivity contribution in [1.29, 1.82) is 0 Å². The van der Waals surface area contributed by atoms with Crippen LogP contribution >= 0.6 is 0 Å². The van der Waals surface area contributed by atoms with Crippen molar-refractivity contribution in [1.82, 2.24) is 4.90 Å². The van der Waals surface area contributed by atoms with Crippen molar-refractivity contribution in [2.24, 2.45) is 0 Å². The van der Waals surface area contributed by atoms with Gasteiger partial charge in [0.15, 0.2) is 23.0 Å². The van der Waals surface area contributed by atoms with E-state index < -0.39 is 23.5 Å². The fourth-order valence-electron chi connectivity index (χ4n) is 3.62. The molecule has 0 fully saturated rings. The Labute approximate surface area is 181 Å². The Kier molecular flexibility index (Phi) is 7.36. The lowest BCUT2D eigenvalue weighted by molar-refractivity contribution is -0.129. The molecule has 0 radical (unpaired) electrons. The summed E-state index contributed by atoms with van der Waals surface area (Å²) in [5, 5.41) is 10.6. The lowest BCUT2D eigenvalue weighted by Crippen LogP contribution is -2.32. The molecule has 1 amide bonds. The first-order chi connectivity index (χ1) is 15.0. The highest BCUT2D eigenvalue weighted by atomic mass is 16.5. The number of benzene rings is 1. The van der Waals surface area contributed by atoms with E-state index in [1.54, 1.807) is 31.4 Å². The molecule has 3 rings (SSSR count). The number of ketones is 1. The standard InChI is InChI=1S/C23H27NO7/c1-4-29-16-10-9-15(14-18(16)30-5-2)20-19(21(25)17-8-6-13-31-17)22(26)23(27)24(20)11-7-12-28-3/h6,8-10,13-14,20,26H,4-5,7,11-12H2,1-3H3. The number of Topliss-reactive ketones (excluding diaryl/α,β-unsaturated/α-hetero) is 1. The van der Waals surface area contributed by atoms with Crippen molar-refractivity contribution >= 4 is 11.7 Å². The summed E-state index contributed by atoms with van der Waals surface area (Å²) >= 11 is 0. The van der Waals surface area contributed by atoms with Gasteiger partial charge in [0.1, 0.15) is 0 Å². The first-order valence-electron chi connectivity index (χ1n) is 10.2. The van der Waals surface area contributed by atoms with Crippen LogP contribution in [0.25, 0.3) is 0 Å². The van der Waals surface area contributed by atoms with Crippen molar-refractivity contribution in [3.63, 3.8) is 0 Å². The third-order valence-corrected chi connectivity index (χ3v) is 4.92. The van der Waals surface area contributed by atoms with Crippen LogP contribution in [0, 0.1) is 0 Å². The molecule has 1 N–H and O–H groups in total. The van der Waals surface area contributed by atoms with Crippen LogP contribution in [-0.4, -0.2) is 55.2 Å². The Bertz CT molecular complexity index is 949. The Morgan fingerprint density at radius 1 is 1.16 bits per heavy atom. The molecule has 31 heavy (non-hydrogen) atoms. The summed E-state index contributed by atoms with van der Waals surface area (Å²) < 4.78 is 21.7. The quantitative estimate of drug-likeness (QED) is 0.430. The number of amides is 1. The monoisotopic (exact) mass is 429 g/mol. The molecule has 0 saturated carbocycles. The lowest BCUT2D eigenvalue weighted by atomic mass is 9.94. The molecule has 8 nitrogen and oxygen atoms in total. The predicted molar refractivity (Wildman–Crippen MR) is 112 cm³/mol. The topological polar surface area (TPSA) is 98.4 Å². The van der Waals surface area contributed by atoms with E-state index >= 15 is 0 Å². The minimum Gasteiger partial charge on any atom is -0.503 e. The number of aliphatic hydroxyl groups is 1. The van der Waals surface area contributed by atoms with Crippen LogP contribution in [0.4, 0.5) is 0 Å². The van der Waals surface area contributed by atoms with E-state index in [9.17, 15) is 14.7 Å². The first kappa shape index (κ1) is 22.4. The van der Waals surface area contributed by atoms with Crippen molar-refractivity contribution in [3.05, 3.63) is 59.3 Å². The van der Waals surface area contributed by atoms with E-state index in [4.69, 9.17) is 18.6 Å². The molecule has 1 aromatic carbocycles. The van der Waals surface area contributed by atoms with Gasteiger partial charge in [0.25, 0.3) is 5.91 Å². The number of carbonyl (C=O) groups is 2. The zero-order valence-electron chi connectivity index (χ0n) is 17.9. The van der Waals surface area contributed by atoms with Crippen LogP contribution < -0.4 is 9.47 Å². The number of nitrogens with zero attached hydrogens (tertiary/aromatic N) is 1. The summed E-state index contributed by atoms with van der Waals surface area (Å²) in [5.41, 5.74) is 0.598. The number of rotatable bonds is 11. The summed E-state index contributed by atoms with van der Waals surface area (Å²) in [7, 11) is 1.58. The second-order valence-electron chi connectivity index (χ2n) is 6.89. The number of hydrogen-bond acceptors (Lipinski definition) is 7. The van der Waals surface area contributed by atoms with Gasteiger partial charge in [-0.05, 0) is 50.1 Å². The maximum atomic E-state index is 13.1. The second kappa shape index (κ2) is 10.2. The predicted octanol–water partition coefficient (Wildman–Crippen LogP) is 3.69. The van der Waals surface area contributed by atoms with Gasteiger partial charge in [-0.3, -0.25) is 9.59 Å². The number of ether oxygens (including phenoxy) is 3. The molecule has 1 atom stereocenters. The summed E-state index contributed by atoms with van der Waals surface area (Å²) in [4.78, 5) is 27.5. The van der Waals surface area contributed by atoms with Crippen LogP contribution in [0.1, 0.15) is 42.4 Å². The van der Waals surface area contributed by atoms with Gasteiger partial charge in [0.2, 0.25) is 5.78 Å². The van der Waals surface area contributed by atoms with Crippen LogP contribution in [0.15, 0.2) is 52.3 Å². The van der Waals surface area contributed by atoms with E-state index in [-0.39, 0.29) is 11.3 Å². The molecule has 0 bridgehead atoms. The van der Waals surface area contributed by atoms with Gasteiger partial charge in [-0.25, -0.2) is 0 Å². The second-order valence-corrected chi connectivity index (χ2v) is 6.89. The Morgan fingerprint density at radius 3 is 2.55 bits per heavy atom. The van der Waals surface area contributed by atoms with Crippen molar-refractivity contribution in [3.8, 4) is 11.5 Å². The van der Waals surface area contributed by atoms with Gasteiger partial charge in [0.05, 0.1) is 31.1 Å². The van der Waals surface area contributed by atoms with Crippen LogP contribution in [-0.2, 0) is 9.53 Å². The van der Waals surface area contributed by atoms with Gasteiger partial charge in [-0.15, -0.1) is 0 Å². The zero-order valence-corrected chi connectivity index (χ0v) is 17.9. The van der Waals surface area contributed by atoms with Gasteiger partial charge in [-0.2, -0.15) is 0 Å². The molecule has 0 saturated heterocycles. The molecular formula is C23H27NO7. The summed E-state index contributed by atoms with van der Waals surface area (Å²) in [6.45, 7) is 5.35. The smallest absolute Gasteiger partial charge is 0.290 e. The summed E-state index contributed by atoms with van der Waals surface area (Å²) in [5.74, 6) is -0.604. The van der Waals surface area contributed by atoms with Crippen LogP contribution in [0.2, 0.25) is 0 Å².